The van der Waals surface area contributed by atoms with Crippen LogP contribution in [0.2, 0.25) is 0 Å². The summed E-state index contributed by atoms with van der Waals surface area (Å²) in [5, 5.41) is 10.3. The van der Waals surface area contributed by atoms with Gasteiger partial charge in [-0.25, -0.2) is 0 Å². The third kappa shape index (κ3) is 5.79. The van der Waals surface area contributed by atoms with Gasteiger partial charge in [-0.3, -0.25) is 4.90 Å². The Bertz CT molecular complexity index is 446. The lowest BCUT2D eigenvalue weighted by Gasteiger charge is -2.32. The molecular weight excluding hydrogens is 290 g/mol. The van der Waals surface area contributed by atoms with Crippen molar-refractivity contribution in [3.05, 3.63) is 29.8 Å². The van der Waals surface area contributed by atoms with Crippen LogP contribution < -0.4 is 4.74 Å². The van der Waals surface area contributed by atoms with Crippen molar-refractivity contribution in [3.8, 4) is 5.75 Å². The summed E-state index contributed by atoms with van der Waals surface area (Å²) in [4.78, 5) is 2.42. The van der Waals surface area contributed by atoms with E-state index in [1.807, 2.05) is 26.0 Å². The zero-order valence-corrected chi connectivity index (χ0v) is 14.7. The highest BCUT2D eigenvalue weighted by molar-refractivity contribution is 5.29. The molecule has 0 spiro atoms. The Hall–Kier alpha value is -1.10. The van der Waals surface area contributed by atoms with E-state index in [-0.39, 0.29) is 6.10 Å². The van der Waals surface area contributed by atoms with Crippen molar-refractivity contribution in [2.45, 2.75) is 57.8 Å². The lowest BCUT2D eigenvalue weighted by Crippen LogP contribution is -2.38. The third-order valence-corrected chi connectivity index (χ3v) is 4.43. The molecule has 1 aromatic carbocycles. The molecule has 0 saturated carbocycles. The van der Waals surface area contributed by atoms with Gasteiger partial charge in [0, 0.05) is 12.6 Å². The van der Waals surface area contributed by atoms with Crippen molar-refractivity contribution >= 4 is 0 Å². The summed E-state index contributed by atoms with van der Waals surface area (Å²) in [5.41, 5.74) is 1.31. The number of hydrogen-bond donors (Lipinski definition) is 1. The van der Waals surface area contributed by atoms with Crippen LogP contribution in [0, 0.1) is 0 Å². The number of methoxy groups -OCH3 is 1. The van der Waals surface area contributed by atoms with Gasteiger partial charge in [0.1, 0.15) is 5.75 Å². The van der Waals surface area contributed by atoms with E-state index in [2.05, 4.69) is 17.0 Å². The Labute approximate surface area is 140 Å². The van der Waals surface area contributed by atoms with Gasteiger partial charge in [0.15, 0.2) is 0 Å². The van der Waals surface area contributed by atoms with Gasteiger partial charge in [-0.2, -0.15) is 0 Å². The maximum Gasteiger partial charge on any atom is 0.118 e. The van der Waals surface area contributed by atoms with Crippen LogP contribution in [0.15, 0.2) is 24.3 Å². The summed E-state index contributed by atoms with van der Waals surface area (Å²) >= 11 is 0. The number of nitrogens with zero attached hydrogens (tertiary/aromatic N) is 1. The number of benzene rings is 1. The summed E-state index contributed by atoms with van der Waals surface area (Å²) in [6.45, 7) is 6.11. The molecule has 1 saturated heterocycles. The predicted molar refractivity (Wildman–Crippen MR) is 92.9 cm³/mol. The molecule has 130 valence electrons. The second kappa shape index (κ2) is 9.26. The van der Waals surface area contributed by atoms with Crippen LogP contribution >= 0.6 is 0 Å². The van der Waals surface area contributed by atoms with Crippen molar-refractivity contribution in [3.63, 3.8) is 0 Å². The van der Waals surface area contributed by atoms with Crippen LogP contribution in [0.3, 0.4) is 0 Å². The average Bonchev–Trinajstić information content (AvgIpc) is 2.78. The van der Waals surface area contributed by atoms with Gasteiger partial charge in [-0.1, -0.05) is 25.0 Å². The van der Waals surface area contributed by atoms with Crippen LogP contribution in [0.4, 0.5) is 0 Å². The monoisotopic (exact) mass is 321 g/mol. The van der Waals surface area contributed by atoms with E-state index in [0.717, 1.165) is 18.7 Å². The summed E-state index contributed by atoms with van der Waals surface area (Å²) in [5.74, 6) is 0.888. The minimum atomic E-state index is -0.434. The zero-order valence-electron chi connectivity index (χ0n) is 14.7. The van der Waals surface area contributed by atoms with E-state index >= 15 is 0 Å². The number of aliphatic hydroxyl groups is 1. The van der Waals surface area contributed by atoms with Gasteiger partial charge in [0.25, 0.3) is 0 Å². The Balaban J connectivity index is 2.03. The molecule has 1 fully saturated rings. The van der Waals surface area contributed by atoms with Gasteiger partial charge >= 0.3 is 0 Å². The molecule has 1 aliphatic rings. The molecule has 0 radical (unpaired) electrons. The van der Waals surface area contributed by atoms with E-state index in [1.165, 1.54) is 24.8 Å². The first kappa shape index (κ1) is 18.2. The molecule has 0 aromatic heterocycles. The SMILES string of the molecule is COc1ccc(C2CCCCCN2CC(O)COC(C)C)cc1. The minimum absolute atomic E-state index is 0.158. The van der Waals surface area contributed by atoms with Crippen LogP contribution in [-0.4, -0.2) is 49.0 Å². The highest BCUT2D eigenvalue weighted by Crippen LogP contribution is 2.31. The molecule has 1 N–H and O–H groups in total. The normalized spacial score (nSPS) is 21.2. The van der Waals surface area contributed by atoms with Gasteiger partial charge < -0.3 is 14.6 Å². The van der Waals surface area contributed by atoms with Crippen LogP contribution in [0.25, 0.3) is 0 Å². The van der Waals surface area contributed by atoms with Crippen LogP contribution in [-0.2, 0) is 4.74 Å². The second-order valence-corrected chi connectivity index (χ2v) is 6.67. The number of ether oxygens (including phenoxy) is 2. The summed E-state index contributed by atoms with van der Waals surface area (Å²) in [7, 11) is 1.69. The van der Waals surface area contributed by atoms with Gasteiger partial charge in [-0.15, -0.1) is 0 Å². The van der Waals surface area contributed by atoms with E-state index < -0.39 is 6.10 Å². The standard InChI is InChI=1S/C19H31NO3/c1-15(2)23-14-17(21)13-20-12-6-4-5-7-19(20)16-8-10-18(22-3)11-9-16/h8-11,15,17,19,21H,4-7,12-14H2,1-3H3. The topological polar surface area (TPSA) is 41.9 Å². The van der Waals surface area contributed by atoms with Crippen LogP contribution in [0.1, 0.15) is 51.1 Å². The molecule has 1 heterocycles. The summed E-state index contributed by atoms with van der Waals surface area (Å²) in [6, 6.07) is 8.72. The Morgan fingerprint density at radius 3 is 2.57 bits per heavy atom. The van der Waals surface area contributed by atoms with Gasteiger partial charge in [0.2, 0.25) is 0 Å². The quantitative estimate of drug-likeness (QED) is 0.836. The lowest BCUT2D eigenvalue weighted by atomic mass is 10.0. The molecule has 4 nitrogen and oxygen atoms in total. The maximum absolute atomic E-state index is 10.3. The number of β-amino-alcohol motifs (C(OH)–C–C–N with tert-alkyl or cyclic N) is 1. The average molecular weight is 321 g/mol. The summed E-state index contributed by atoms with van der Waals surface area (Å²) < 4.78 is 10.8. The fourth-order valence-corrected chi connectivity index (χ4v) is 3.22. The zero-order chi connectivity index (χ0) is 16.7. The largest absolute Gasteiger partial charge is 0.497 e. The molecular formula is C19H31NO3. The Morgan fingerprint density at radius 1 is 1.17 bits per heavy atom. The first-order chi connectivity index (χ1) is 11.1. The fourth-order valence-electron chi connectivity index (χ4n) is 3.22. The Kier molecular flexibility index (Phi) is 7.34. The molecule has 4 heteroatoms. The Morgan fingerprint density at radius 2 is 1.91 bits per heavy atom. The molecule has 2 unspecified atom stereocenters. The molecule has 2 rings (SSSR count). The molecule has 0 amide bonds. The van der Waals surface area contributed by atoms with Crippen molar-refractivity contribution in [2.24, 2.45) is 0 Å². The summed E-state index contributed by atoms with van der Waals surface area (Å²) in [6.07, 6.45) is 4.57. The van der Waals surface area contributed by atoms with Crippen molar-refractivity contribution < 1.29 is 14.6 Å². The third-order valence-electron chi connectivity index (χ3n) is 4.43. The minimum Gasteiger partial charge on any atom is -0.497 e. The van der Waals surface area contributed by atoms with Gasteiger partial charge in [-0.05, 0) is 50.9 Å². The van der Waals surface area contributed by atoms with Crippen molar-refractivity contribution in [1.29, 1.82) is 0 Å². The van der Waals surface area contributed by atoms with E-state index in [4.69, 9.17) is 9.47 Å². The van der Waals surface area contributed by atoms with Crippen molar-refractivity contribution in [2.75, 3.05) is 26.8 Å². The van der Waals surface area contributed by atoms with E-state index in [1.54, 1.807) is 7.11 Å². The van der Waals surface area contributed by atoms with E-state index in [0.29, 0.717) is 19.2 Å². The molecule has 1 aromatic rings. The van der Waals surface area contributed by atoms with Crippen molar-refractivity contribution in [1.82, 2.24) is 4.90 Å². The number of rotatable bonds is 7. The van der Waals surface area contributed by atoms with E-state index in [9.17, 15) is 5.11 Å². The highest BCUT2D eigenvalue weighted by atomic mass is 16.5. The molecule has 23 heavy (non-hydrogen) atoms. The molecule has 0 bridgehead atoms. The smallest absolute Gasteiger partial charge is 0.118 e. The predicted octanol–water partition coefficient (Wildman–Crippen LogP) is 3.40. The fraction of sp³-hybridized carbons (Fsp3) is 0.684. The first-order valence-electron chi connectivity index (χ1n) is 8.78. The first-order valence-corrected chi connectivity index (χ1v) is 8.78. The number of aliphatic hydroxyl groups excluding tert-OH is 1. The van der Waals surface area contributed by atoms with Crippen LogP contribution in [0.5, 0.6) is 5.75 Å². The second-order valence-electron chi connectivity index (χ2n) is 6.67. The molecule has 1 aliphatic heterocycles. The molecule has 0 aliphatic carbocycles. The number of likely N-dealkylation sites (tertiary alicyclic amines) is 1. The molecule has 2 atom stereocenters. The number of hydrogen-bond acceptors (Lipinski definition) is 4. The van der Waals surface area contributed by atoms with Gasteiger partial charge in [0.05, 0.1) is 25.9 Å². The highest BCUT2D eigenvalue weighted by Gasteiger charge is 2.24. The lowest BCUT2D eigenvalue weighted by molar-refractivity contribution is -0.0141. The maximum atomic E-state index is 10.3.